The molecule has 8 heteroatoms. The maximum absolute atomic E-state index is 12.0. The average molecular weight is 398 g/mol. The van der Waals surface area contributed by atoms with Gasteiger partial charge in [0.05, 0.1) is 6.42 Å². The standard InChI is InChI=1S/C21H22N2O6/c1-2-22-21(26)15-4-3-5-16(12-15)23-19(24)13-29-20(25)11-14-6-7-17-18(10-14)28-9-8-27-17/h3-7,10,12H,2,8-9,11,13H2,1H3,(H,22,26)(H,23,24). The van der Waals surface area contributed by atoms with Crippen LogP contribution in [0.25, 0.3) is 0 Å². The van der Waals surface area contributed by atoms with E-state index in [9.17, 15) is 14.4 Å². The highest BCUT2D eigenvalue weighted by atomic mass is 16.6. The van der Waals surface area contributed by atoms with Gasteiger partial charge in [-0.25, -0.2) is 0 Å². The summed E-state index contributed by atoms with van der Waals surface area (Å²) < 4.78 is 16.0. The second kappa shape index (κ2) is 9.59. The molecule has 2 aromatic carbocycles. The van der Waals surface area contributed by atoms with E-state index in [2.05, 4.69) is 10.6 Å². The molecule has 8 nitrogen and oxygen atoms in total. The summed E-state index contributed by atoms with van der Waals surface area (Å²) in [5.74, 6) is -0.0233. The SMILES string of the molecule is CCNC(=O)c1cccc(NC(=O)COC(=O)Cc2ccc3c(c2)OCCO3)c1. The van der Waals surface area contributed by atoms with Gasteiger partial charge in [-0.2, -0.15) is 0 Å². The number of esters is 1. The van der Waals surface area contributed by atoms with Gasteiger partial charge in [-0.3, -0.25) is 14.4 Å². The molecule has 2 aromatic rings. The largest absolute Gasteiger partial charge is 0.486 e. The van der Waals surface area contributed by atoms with Crippen LogP contribution in [-0.4, -0.2) is 44.1 Å². The van der Waals surface area contributed by atoms with Crippen molar-refractivity contribution < 1.29 is 28.6 Å². The van der Waals surface area contributed by atoms with Crippen LogP contribution >= 0.6 is 0 Å². The number of benzene rings is 2. The average Bonchev–Trinajstić information content (AvgIpc) is 2.72. The van der Waals surface area contributed by atoms with E-state index < -0.39 is 18.5 Å². The quantitative estimate of drug-likeness (QED) is 0.691. The number of hydrogen-bond acceptors (Lipinski definition) is 6. The first-order chi connectivity index (χ1) is 14.0. The molecule has 0 saturated carbocycles. The highest BCUT2D eigenvalue weighted by molar-refractivity contribution is 5.97. The molecule has 0 fully saturated rings. The Hall–Kier alpha value is -3.55. The maximum Gasteiger partial charge on any atom is 0.310 e. The molecule has 1 heterocycles. The number of anilines is 1. The second-order valence-electron chi connectivity index (χ2n) is 6.30. The molecule has 1 aliphatic heterocycles. The molecule has 3 rings (SSSR count). The Morgan fingerprint density at radius 3 is 2.62 bits per heavy atom. The summed E-state index contributed by atoms with van der Waals surface area (Å²) in [6.07, 6.45) is 0.0105. The summed E-state index contributed by atoms with van der Waals surface area (Å²) in [6.45, 7) is 2.87. The van der Waals surface area contributed by atoms with Crippen LogP contribution in [0.4, 0.5) is 5.69 Å². The van der Waals surface area contributed by atoms with E-state index in [0.29, 0.717) is 48.1 Å². The Morgan fingerprint density at radius 1 is 1.03 bits per heavy atom. The van der Waals surface area contributed by atoms with Gasteiger partial charge in [-0.05, 0) is 42.8 Å². The number of amides is 2. The van der Waals surface area contributed by atoms with Crippen LogP contribution in [0.3, 0.4) is 0 Å². The first-order valence-corrected chi connectivity index (χ1v) is 9.27. The van der Waals surface area contributed by atoms with Crippen molar-refractivity contribution in [1.82, 2.24) is 5.32 Å². The molecular weight excluding hydrogens is 376 g/mol. The zero-order valence-electron chi connectivity index (χ0n) is 16.0. The Kier molecular flexibility index (Phi) is 6.67. The van der Waals surface area contributed by atoms with Gasteiger partial charge in [0, 0.05) is 17.8 Å². The van der Waals surface area contributed by atoms with Crippen LogP contribution in [-0.2, 0) is 20.7 Å². The summed E-state index contributed by atoms with van der Waals surface area (Å²) >= 11 is 0. The summed E-state index contributed by atoms with van der Waals surface area (Å²) in [5, 5.41) is 5.29. The van der Waals surface area contributed by atoms with Crippen LogP contribution < -0.4 is 20.1 Å². The molecule has 152 valence electrons. The number of ether oxygens (including phenoxy) is 3. The van der Waals surface area contributed by atoms with E-state index in [0.717, 1.165) is 0 Å². The van der Waals surface area contributed by atoms with Crippen molar-refractivity contribution >= 4 is 23.5 Å². The van der Waals surface area contributed by atoms with E-state index in [-0.39, 0.29) is 12.3 Å². The lowest BCUT2D eigenvalue weighted by Crippen LogP contribution is -2.24. The van der Waals surface area contributed by atoms with Crippen molar-refractivity contribution in [3.63, 3.8) is 0 Å². The van der Waals surface area contributed by atoms with Crippen LogP contribution in [0.1, 0.15) is 22.8 Å². The molecular formula is C21H22N2O6. The summed E-state index contributed by atoms with van der Waals surface area (Å²) in [7, 11) is 0. The van der Waals surface area contributed by atoms with Crippen LogP contribution in [0.2, 0.25) is 0 Å². The molecule has 0 radical (unpaired) electrons. The topological polar surface area (TPSA) is 103 Å². The number of carbonyl (C=O) groups is 3. The highest BCUT2D eigenvalue weighted by Crippen LogP contribution is 2.30. The number of fused-ring (bicyclic) bond motifs is 1. The van der Waals surface area contributed by atoms with Crippen molar-refractivity contribution in [1.29, 1.82) is 0 Å². The molecule has 2 N–H and O–H groups in total. The number of hydrogen-bond donors (Lipinski definition) is 2. The predicted octanol–water partition coefficient (Wildman–Crippen LogP) is 1.93. The minimum Gasteiger partial charge on any atom is -0.486 e. The first kappa shape index (κ1) is 20.2. The van der Waals surface area contributed by atoms with Crippen molar-refractivity contribution in [2.24, 2.45) is 0 Å². The third-order valence-electron chi connectivity index (χ3n) is 4.07. The number of carbonyl (C=O) groups excluding carboxylic acids is 3. The third-order valence-corrected chi connectivity index (χ3v) is 4.07. The molecule has 0 spiro atoms. The normalized spacial score (nSPS) is 12.0. The lowest BCUT2D eigenvalue weighted by molar-refractivity contribution is -0.146. The van der Waals surface area contributed by atoms with Crippen molar-refractivity contribution in [2.45, 2.75) is 13.3 Å². The van der Waals surface area contributed by atoms with E-state index in [4.69, 9.17) is 14.2 Å². The molecule has 0 saturated heterocycles. The molecule has 1 aliphatic rings. The molecule has 0 aromatic heterocycles. The minimum absolute atomic E-state index is 0.0105. The van der Waals surface area contributed by atoms with E-state index in [1.54, 1.807) is 42.5 Å². The molecule has 29 heavy (non-hydrogen) atoms. The van der Waals surface area contributed by atoms with Gasteiger partial charge < -0.3 is 24.8 Å². The predicted molar refractivity (Wildman–Crippen MR) is 105 cm³/mol. The minimum atomic E-state index is -0.534. The van der Waals surface area contributed by atoms with Crippen LogP contribution in [0, 0.1) is 0 Å². The molecule has 0 aliphatic carbocycles. The second-order valence-corrected chi connectivity index (χ2v) is 6.30. The monoisotopic (exact) mass is 398 g/mol. The van der Waals surface area contributed by atoms with Gasteiger partial charge >= 0.3 is 5.97 Å². The fourth-order valence-electron chi connectivity index (χ4n) is 2.76. The van der Waals surface area contributed by atoms with E-state index >= 15 is 0 Å². The maximum atomic E-state index is 12.0. The Bertz CT molecular complexity index is 912. The van der Waals surface area contributed by atoms with Crippen LogP contribution in [0.15, 0.2) is 42.5 Å². The zero-order valence-corrected chi connectivity index (χ0v) is 16.0. The van der Waals surface area contributed by atoms with Gasteiger partial charge in [-0.1, -0.05) is 12.1 Å². The molecule has 2 amide bonds. The van der Waals surface area contributed by atoms with Gasteiger partial charge in [-0.15, -0.1) is 0 Å². The lowest BCUT2D eigenvalue weighted by atomic mass is 10.1. The van der Waals surface area contributed by atoms with Crippen molar-refractivity contribution in [3.05, 3.63) is 53.6 Å². The number of nitrogens with one attached hydrogen (secondary N) is 2. The summed E-state index contributed by atoms with van der Waals surface area (Å²) in [5.41, 5.74) is 1.58. The highest BCUT2D eigenvalue weighted by Gasteiger charge is 2.15. The van der Waals surface area contributed by atoms with E-state index in [1.807, 2.05) is 6.92 Å². The molecule has 0 atom stereocenters. The molecule has 0 bridgehead atoms. The zero-order chi connectivity index (χ0) is 20.6. The van der Waals surface area contributed by atoms with Gasteiger partial charge in [0.25, 0.3) is 11.8 Å². The van der Waals surface area contributed by atoms with Gasteiger partial charge in [0.1, 0.15) is 13.2 Å². The number of rotatable bonds is 7. The Balaban J connectivity index is 1.48. The Labute approximate surface area is 168 Å². The van der Waals surface area contributed by atoms with Crippen molar-refractivity contribution in [3.8, 4) is 11.5 Å². The molecule has 0 unspecified atom stereocenters. The van der Waals surface area contributed by atoms with Crippen molar-refractivity contribution in [2.75, 3.05) is 31.7 Å². The Morgan fingerprint density at radius 2 is 1.83 bits per heavy atom. The van der Waals surface area contributed by atoms with Crippen LogP contribution in [0.5, 0.6) is 11.5 Å². The third kappa shape index (κ3) is 5.71. The summed E-state index contributed by atoms with van der Waals surface area (Å²) in [6, 6.07) is 11.7. The lowest BCUT2D eigenvalue weighted by Gasteiger charge is -2.18. The summed E-state index contributed by atoms with van der Waals surface area (Å²) in [4.78, 5) is 35.9. The first-order valence-electron chi connectivity index (χ1n) is 9.27. The fourth-order valence-corrected chi connectivity index (χ4v) is 2.76. The smallest absolute Gasteiger partial charge is 0.310 e. The van der Waals surface area contributed by atoms with Gasteiger partial charge in [0.2, 0.25) is 0 Å². The van der Waals surface area contributed by atoms with E-state index in [1.165, 1.54) is 0 Å². The fraction of sp³-hybridized carbons (Fsp3) is 0.286. The van der Waals surface area contributed by atoms with Gasteiger partial charge in [0.15, 0.2) is 18.1 Å².